The van der Waals surface area contributed by atoms with Crippen LogP contribution in [0, 0.1) is 5.82 Å². The standard InChI is InChI=1S/C19H17FN4O3/c20-13-2-4-17-15(10-13)22-19(27-17)23-18-21-14-9-12(1-3-16(14)26-18)11-24-5-7-25-8-6-24/h1-4,9-10H,5-8,11H2,(H,21,22,23). The zero-order valence-electron chi connectivity index (χ0n) is 14.4. The number of nitrogens with zero attached hydrogens (tertiary/aromatic N) is 3. The molecule has 27 heavy (non-hydrogen) atoms. The smallest absolute Gasteiger partial charge is 0.303 e. The lowest BCUT2D eigenvalue weighted by Gasteiger charge is -2.26. The summed E-state index contributed by atoms with van der Waals surface area (Å²) in [5.41, 5.74) is 3.52. The number of fused-ring (bicyclic) bond motifs is 2. The van der Waals surface area contributed by atoms with Crippen molar-refractivity contribution in [2.24, 2.45) is 0 Å². The Bertz CT molecular complexity index is 1100. The maximum absolute atomic E-state index is 13.3. The van der Waals surface area contributed by atoms with E-state index in [1.165, 1.54) is 23.8 Å². The third-order valence-electron chi connectivity index (χ3n) is 4.53. The quantitative estimate of drug-likeness (QED) is 0.589. The number of hydrogen-bond acceptors (Lipinski definition) is 7. The van der Waals surface area contributed by atoms with E-state index in [0.717, 1.165) is 38.4 Å². The van der Waals surface area contributed by atoms with Crippen molar-refractivity contribution in [2.45, 2.75) is 6.54 Å². The van der Waals surface area contributed by atoms with Gasteiger partial charge in [0.15, 0.2) is 11.2 Å². The highest BCUT2D eigenvalue weighted by molar-refractivity contribution is 5.77. The molecule has 8 heteroatoms. The summed E-state index contributed by atoms with van der Waals surface area (Å²) >= 11 is 0. The summed E-state index contributed by atoms with van der Waals surface area (Å²) in [6, 6.07) is 10.6. The van der Waals surface area contributed by atoms with E-state index in [4.69, 9.17) is 13.6 Å². The van der Waals surface area contributed by atoms with Gasteiger partial charge in [0.05, 0.1) is 13.2 Å². The minimum absolute atomic E-state index is 0.204. The molecule has 0 bridgehead atoms. The molecule has 2 aromatic carbocycles. The van der Waals surface area contributed by atoms with Gasteiger partial charge in [-0.15, -0.1) is 0 Å². The lowest BCUT2D eigenvalue weighted by Crippen LogP contribution is -2.35. The molecule has 0 saturated carbocycles. The fraction of sp³-hybridized carbons (Fsp3) is 0.263. The number of halogens is 1. The number of ether oxygens (including phenoxy) is 1. The zero-order valence-corrected chi connectivity index (χ0v) is 14.4. The van der Waals surface area contributed by atoms with Crippen LogP contribution in [0.3, 0.4) is 0 Å². The lowest BCUT2D eigenvalue weighted by atomic mass is 10.2. The summed E-state index contributed by atoms with van der Waals surface area (Å²) in [7, 11) is 0. The van der Waals surface area contributed by atoms with Gasteiger partial charge in [0.2, 0.25) is 0 Å². The van der Waals surface area contributed by atoms with Crippen LogP contribution < -0.4 is 5.32 Å². The van der Waals surface area contributed by atoms with Gasteiger partial charge in [0, 0.05) is 25.7 Å². The van der Waals surface area contributed by atoms with E-state index in [-0.39, 0.29) is 17.8 Å². The van der Waals surface area contributed by atoms with E-state index in [1.54, 1.807) is 0 Å². The Labute approximate surface area is 153 Å². The monoisotopic (exact) mass is 368 g/mol. The average Bonchev–Trinajstić information content (AvgIpc) is 3.24. The predicted molar refractivity (Wildman–Crippen MR) is 97.4 cm³/mol. The normalized spacial score (nSPS) is 15.6. The maximum Gasteiger partial charge on any atom is 0.303 e. The molecule has 7 nitrogen and oxygen atoms in total. The summed E-state index contributed by atoms with van der Waals surface area (Å²) in [5.74, 6) is -0.364. The van der Waals surface area contributed by atoms with E-state index in [2.05, 4.69) is 20.2 Å². The fourth-order valence-electron chi connectivity index (χ4n) is 3.19. The first-order valence-corrected chi connectivity index (χ1v) is 8.76. The molecular formula is C19H17FN4O3. The van der Waals surface area contributed by atoms with Crippen LogP contribution >= 0.6 is 0 Å². The second kappa shape index (κ2) is 6.64. The molecule has 4 aromatic rings. The topological polar surface area (TPSA) is 76.6 Å². The van der Waals surface area contributed by atoms with Crippen molar-refractivity contribution in [3.8, 4) is 0 Å². The first-order chi connectivity index (χ1) is 13.2. The molecule has 5 rings (SSSR count). The van der Waals surface area contributed by atoms with Crippen LogP contribution in [0.4, 0.5) is 16.4 Å². The highest BCUT2D eigenvalue weighted by atomic mass is 19.1. The van der Waals surface area contributed by atoms with Crippen molar-refractivity contribution in [2.75, 3.05) is 31.6 Å². The summed E-state index contributed by atoms with van der Waals surface area (Å²) < 4.78 is 29.9. The highest BCUT2D eigenvalue weighted by Gasteiger charge is 2.14. The van der Waals surface area contributed by atoms with Crippen LogP contribution in [0.15, 0.2) is 45.2 Å². The number of morpholine rings is 1. The lowest BCUT2D eigenvalue weighted by molar-refractivity contribution is 0.0342. The number of oxazole rings is 2. The molecule has 0 amide bonds. The average molecular weight is 368 g/mol. The molecule has 1 saturated heterocycles. The molecule has 138 valence electrons. The summed E-state index contributed by atoms with van der Waals surface area (Å²) in [6.07, 6.45) is 0. The molecule has 0 atom stereocenters. The Hall–Kier alpha value is -2.97. The molecule has 1 N–H and O–H groups in total. The minimum Gasteiger partial charge on any atom is -0.423 e. The van der Waals surface area contributed by atoms with Gasteiger partial charge < -0.3 is 13.6 Å². The van der Waals surface area contributed by atoms with Crippen LogP contribution in [0.2, 0.25) is 0 Å². The fourth-order valence-corrected chi connectivity index (χ4v) is 3.19. The van der Waals surface area contributed by atoms with Crippen molar-refractivity contribution in [3.63, 3.8) is 0 Å². The van der Waals surface area contributed by atoms with Crippen molar-refractivity contribution in [1.29, 1.82) is 0 Å². The van der Waals surface area contributed by atoms with Gasteiger partial charge in [-0.1, -0.05) is 6.07 Å². The molecule has 0 aliphatic carbocycles. The Kier molecular flexibility index (Phi) is 3.99. The van der Waals surface area contributed by atoms with Gasteiger partial charge in [0.1, 0.15) is 16.9 Å². The number of anilines is 2. The van der Waals surface area contributed by atoms with E-state index in [9.17, 15) is 4.39 Å². The molecular weight excluding hydrogens is 351 g/mol. The molecule has 2 aromatic heterocycles. The molecule has 1 aliphatic heterocycles. The van der Waals surface area contributed by atoms with Gasteiger partial charge in [-0.3, -0.25) is 10.2 Å². The second-order valence-corrected chi connectivity index (χ2v) is 6.47. The second-order valence-electron chi connectivity index (χ2n) is 6.47. The molecule has 3 heterocycles. The molecule has 0 radical (unpaired) electrons. The number of hydrogen-bond donors (Lipinski definition) is 1. The van der Waals surface area contributed by atoms with Crippen molar-refractivity contribution in [1.82, 2.24) is 14.9 Å². The van der Waals surface area contributed by atoms with Crippen LogP contribution in [-0.2, 0) is 11.3 Å². The first-order valence-electron chi connectivity index (χ1n) is 8.76. The Balaban J connectivity index is 1.36. The number of benzene rings is 2. The van der Waals surface area contributed by atoms with Crippen molar-refractivity contribution in [3.05, 3.63) is 47.8 Å². The largest absolute Gasteiger partial charge is 0.423 e. The minimum atomic E-state index is -0.364. The maximum atomic E-state index is 13.3. The van der Waals surface area contributed by atoms with E-state index < -0.39 is 0 Å². The van der Waals surface area contributed by atoms with Crippen LogP contribution in [-0.4, -0.2) is 41.2 Å². The third kappa shape index (κ3) is 3.36. The number of rotatable bonds is 4. The Morgan fingerprint density at radius 2 is 1.59 bits per heavy atom. The van der Waals surface area contributed by atoms with Gasteiger partial charge in [-0.05, 0) is 29.8 Å². The SMILES string of the molecule is Fc1ccc2oc(Nc3nc4cc(CN5CCOCC5)ccc4o3)nc2c1. The number of aromatic nitrogens is 2. The van der Waals surface area contributed by atoms with Gasteiger partial charge in [-0.2, -0.15) is 9.97 Å². The molecule has 0 spiro atoms. The molecule has 1 fully saturated rings. The van der Waals surface area contributed by atoms with E-state index >= 15 is 0 Å². The van der Waals surface area contributed by atoms with E-state index in [0.29, 0.717) is 16.7 Å². The van der Waals surface area contributed by atoms with Crippen LogP contribution in [0.5, 0.6) is 0 Å². The highest BCUT2D eigenvalue weighted by Crippen LogP contribution is 2.26. The summed E-state index contributed by atoms with van der Waals surface area (Å²) in [6.45, 7) is 4.26. The summed E-state index contributed by atoms with van der Waals surface area (Å²) in [5, 5.41) is 2.90. The number of nitrogens with one attached hydrogen (secondary N) is 1. The molecule has 0 unspecified atom stereocenters. The Morgan fingerprint density at radius 3 is 2.33 bits per heavy atom. The van der Waals surface area contributed by atoms with Crippen LogP contribution in [0.1, 0.15) is 5.56 Å². The van der Waals surface area contributed by atoms with Crippen molar-refractivity contribution >= 4 is 34.2 Å². The molecule has 1 aliphatic rings. The van der Waals surface area contributed by atoms with Gasteiger partial charge >= 0.3 is 12.0 Å². The van der Waals surface area contributed by atoms with Gasteiger partial charge in [-0.25, -0.2) is 4.39 Å². The van der Waals surface area contributed by atoms with Crippen molar-refractivity contribution < 1.29 is 18.0 Å². The first kappa shape index (κ1) is 16.2. The Morgan fingerprint density at radius 1 is 0.926 bits per heavy atom. The van der Waals surface area contributed by atoms with Crippen LogP contribution in [0.25, 0.3) is 22.2 Å². The zero-order chi connectivity index (χ0) is 18.2. The summed E-state index contributed by atoms with van der Waals surface area (Å²) in [4.78, 5) is 11.0. The third-order valence-corrected chi connectivity index (χ3v) is 4.53. The van der Waals surface area contributed by atoms with Gasteiger partial charge in [0.25, 0.3) is 0 Å². The predicted octanol–water partition coefficient (Wildman–Crippen LogP) is 3.68. The van der Waals surface area contributed by atoms with E-state index in [1.807, 2.05) is 18.2 Å².